The molecule has 78 valence electrons. The van der Waals surface area contributed by atoms with Gasteiger partial charge in [0.15, 0.2) is 5.15 Å². The van der Waals surface area contributed by atoms with Crippen LogP contribution in [0, 0.1) is 0 Å². The molecule has 2 aromatic rings. The molecule has 16 heavy (non-hydrogen) atoms. The summed E-state index contributed by atoms with van der Waals surface area (Å²) >= 11 is 5.81. The maximum absolute atomic E-state index is 10.2. The molecule has 0 radical (unpaired) electrons. The first kappa shape index (κ1) is 13.9. The van der Waals surface area contributed by atoms with Gasteiger partial charge in [0.05, 0.1) is 11.5 Å². The molecule has 2 aromatic heterocycles. The topological polar surface area (TPSA) is 78.0 Å². The standard InChI is InChI=1S/C9H7ClN2O3.K/c10-9-8-5(1-2-11-9)6(3-12-8)15-4-7(13)14;/h1-3,12H,4H2,(H,13,14);/q;+1/p-1. The first-order valence-corrected chi connectivity index (χ1v) is 4.50. The molecule has 0 unspecified atom stereocenters. The third-order valence-electron chi connectivity index (χ3n) is 1.86. The number of hydrogen-bond acceptors (Lipinski definition) is 4. The van der Waals surface area contributed by atoms with Crippen molar-refractivity contribution in [1.82, 2.24) is 9.97 Å². The molecule has 0 aromatic carbocycles. The summed E-state index contributed by atoms with van der Waals surface area (Å²) in [5.41, 5.74) is 0.618. The van der Waals surface area contributed by atoms with Gasteiger partial charge >= 0.3 is 51.4 Å². The van der Waals surface area contributed by atoms with Crippen molar-refractivity contribution in [3.8, 4) is 5.75 Å². The van der Waals surface area contributed by atoms with E-state index in [0.717, 1.165) is 0 Å². The SMILES string of the molecule is O=C([O-])COc1c[nH]c2c(Cl)nccc12.[K+]. The van der Waals surface area contributed by atoms with Crippen molar-refractivity contribution in [3.63, 3.8) is 0 Å². The second kappa shape index (κ2) is 5.99. The number of carbonyl (C=O) groups excluding carboxylic acids is 1. The fourth-order valence-corrected chi connectivity index (χ4v) is 1.46. The summed E-state index contributed by atoms with van der Waals surface area (Å²) < 4.78 is 5.00. The Bertz CT molecular complexity index is 514. The number of rotatable bonds is 3. The van der Waals surface area contributed by atoms with Gasteiger partial charge in [-0.15, -0.1) is 0 Å². The van der Waals surface area contributed by atoms with Gasteiger partial charge in [-0.1, -0.05) is 11.6 Å². The number of carboxylic acids is 1. The summed E-state index contributed by atoms with van der Waals surface area (Å²) in [7, 11) is 0. The van der Waals surface area contributed by atoms with Gasteiger partial charge in [0, 0.05) is 17.8 Å². The smallest absolute Gasteiger partial charge is 0.546 e. The van der Waals surface area contributed by atoms with Crippen LogP contribution in [0.4, 0.5) is 0 Å². The molecular formula is C9H6ClKN2O3. The van der Waals surface area contributed by atoms with Crippen LogP contribution in [0.1, 0.15) is 0 Å². The molecule has 0 aliphatic carbocycles. The summed E-state index contributed by atoms with van der Waals surface area (Å²) in [6.07, 6.45) is 3.05. The molecule has 0 amide bonds. The molecule has 0 bridgehead atoms. The van der Waals surface area contributed by atoms with Crippen LogP contribution in [0.2, 0.25) is 5.15 Å². The first-order chi connectivity index (χ1) is 7.18. The minimum Gasteiger partial charge on any atom is -0.546 e. The number of nitrogens with zero attached hydrogens (tertiary/aromatic N) is 1. The fourth-order valence-electron chi connectivity index (χ4n) is 1.25. The number of aromatic nitrogens is 2. The van der Waals surface area contributed by atoms with Gasteiger partial charge in [0.25, 0.3) is 0 Å². The largest absolute Gasteiger partial charge is 1.00 e. The van der Waals surface area contributed by atoms with Crippen LogP contribution in [0.3, 0.4) is 0 Å². The van der Waals surface area contributed by atoms with E-state index >= 15 is 0 Å². The van der Waals surface area contributed by atoms with Gasteiger partial charge in [-0.3, -0.25) is 0 Å². The molecule has 2 heterocycles. The van der Waals surface area contributed by atoms with Gasteiger partial charge in [0.1, 0.15) is 12.4 Å². The minimum absolute atomic E-state index is 0. The van der Waals surface area contributed by atoms with E-state index in [9.17, 15) is 9.90 Å². The second-order valence-corrected chi connectivity index (χ2v) is 3.20. The number of pyridine rings is 1. The molecule has 0 saturated carbocycles. The van der Waals surface area contributed by atoms with Crippen molar-refractivity contribution in [2.75, 3.05) is 6.61 Å². The van der Waals surface area contributed by atoms with E-state index < -0.39 is 12.6 Å². The Labute approximate surface area is 139 Å². The predicted octanol–water partition coefficient (Wildman–Crippen LogP) is -2.65. The summed E-state index contributed by atoms with van der Waals surface area (Å²) in [6, 6.07) is 1.68. The predicted molar refractivity (Wildman–Crippen MR) is 51.6 cm³/mol. The van der Waals surface area contributed by atoms with Crippen molar-refractivity contribution < 1.29 is 66.0 Å². The molecule has 0 saturated heterocycles. The van der Waals surface area contributed by atoms with Crippen LogP contribution < -0.4 is 61.2 Å². The van der Waals surface area contributed by atoms with E-state index in [-0.39, 0.29) is 51.4 Å². The minimum atomic E-state index is -1.27. The molecule has 7 heteroatoms. The Morgan fingerprint density at radius 3 is 3.06 bits per heavy atom. The van der Waals surface area contributed by atoms with Crippen LogP contribution in [0.25, 0.3) is 10.9 Å². The fraction of sp³-hybridized carbons (Fsp3) is 0.111. The zero-order valence-electron chi connectivity index (χ0n) is 8.49. The van der Waals surface area contributed by atoms with Gasteiger partial charge in [-0.05, 0) is 6.07 Å². The van der Waals surface area contributed by atoms with Gasteiger partial charge in [-0.2, -0.15) is 0 Å². The number of aromatic amines is 1. The maximum atomic E-state index is 10.2. The number of H-pyrrole nitrogens is 1. The Kier molecular flexibility index (Phi) is 5.22. The van der Waals surface area contributed by atoms with Crippen LogP contribution >= 0.6 is 11.6 Å². The molecular weight excluding hydrogens is 259 g/mol. The monoisotopic (exact) mass is 264 g/mol. The van der Waals surface area contributed by atoms with Crippen LogP contribution in [0.15, 0.2) is 18.5 Å². The third kappa shape index (κ3) is 2.97. The summed E-state index contributed by atoms with van der Waals surface area (Å²) in [6.45, 7) is -0.493. The molecule has 0 fully saturated rings. The van der Waals surface area contributed by atoms with E-state index in [4.69, 9.17) is 16.3 Å². The molecule has 2 rings (SSSR count). The van der Waals surface area contributed by atoms with Gasteiger partial charge in [0.2, 0.25) is 0 Å². The van der Waals surface area contributed by atoms with E-state index in [2.05, 4.69) is 9.97 Å². The first-order valence-electron chi connectivity index (χ1n) is 4.12. The van der Waals surface area contributed by atoms with Crippen molar-refractivity contribution in [2.45, 2.75) is 0 Å². The number of fused-ring (bicyclic) bond motifs is 1. The van der Waals surface area contributed by atoms with Crippen molar-refractivity contribution >= 4 is 28.5 Å². The normalized spacial score (nSPS) is 9.81. The quantitative estimate of drug-likeness (QED) is 0.485. The van der Waals surface area contributed by atoms with Crippen LogP contribution in [-0.2, 0) is 4.79 Å². The van der Waals surface area contributed by atoms with Crippen molar-refractivity contribution in [3.05, 3.63) is 23.6 Å². The number of nitrogens with one attached hydrogen (secondary N) is 1. The number of ether oxygens (including phenoxy) is 1. The van der Waals surface area contributed by atoms with E-state index in [1.807, 2.05) is 0 Å². The number of halogens is 1. The molecule has 0 spiro atoms. The van der Waals surface area contributed by atoms with Gasteiger partial charge in [-0.25, -0.2) is 4.98 Å². The zero-order valence-corrected chi connectivity index (χ0v) is 12.4. The van der Waals surface area contributed by atoms with Crippen molar-refractivity contribution in [2.24, 2.45) is 0 Å². The van der Waals surface area contributed by atoms with E-state index in [0.29, 0.717) is 21.8 Å². The average molecular weight is 265 g/mol. The van der Waals surface area contributed by atoms with E-state index in [1.54, 1.807) is 6.07 Å². The number of carboxylic acid groups (broad SMARTS) is 1. The summed E-state index contributed by atoms with van der Waals surface area (Å²) in [5, 5.41) is 11.2. The van der Waals surface area contributed by atoms with E-state index in [1.165, 1.54) is 12.4 Å². The number of hydrogen-bond donors (Lipinski definition) is 1. The Hall–Kier alpha value is -0.114. The second-order valence-electron chi connectivity index (χ2n) is 2.84. The average Bonchev–Trinajstić information content (AvgIpc) is 2.59. The number of carbonyl (C=O) groups is 1. The molecule has 0 aliphatic heterocycles. The molecule has 5 nitrogen and oxygen atoms in total. The summed E-state index contributed by atoms with van der Waals surface area (Å²) in [4.78, 5) is 16.9. The molecule has 0 atom stereocenters. The van der Waals surface area contributed by atoms with Crippen molar-refractivity contribution in [1.29, 1.82) is 0 Å². The zero-order chi connectivity index (χ0) is 10.8. The molecule has 0 aliphatic rings. The Balaban J connectivity index is 0.00000128. The number of aliphatic carboxylic acids is 1. The van der Waals surface area contributed by atoms with Crippen LogP contribution in [-0.4, -0.2) is 22.5 Å². The van der Waals surface area contributed by atoms with Crippen LogP contribution in [0.5, 0.6) is 5.75 Å². The third-order valence-corrected chi connectivity index (χ3v) is 2.15. The van der Waals surface area contributed by atoms with Gasteiger partial charge < -0.3 is 19.6 Å². The maximum Gasteiger partial charge on any atom is 1.00 e. The molecule has 1 N–H and O–H groups in total. The Morgan fingerprint density at radius 1 is 1.62 bits per heavy atom. The Morgan fingerprint density at radius 2 is 2.38 bits per heavy atom. The summed E-state index contributed by atoms with van der Waals surface area (Å²) in [5.74, 6) is -0.858.